The van der Waals surface area contributed by atoms with Crippen LogP contribution >= 0.6 is 15.9 Å². The van der Waals surface area contributed by atoms with Crippen molar-refractivity contribution in [2.24, 2.45) is 0 Å². The minimum Gasteiger partial charge on any atom is -0.446 e. The molecule has 0 aliphatic carbocycles. The maximum absolute atomic E-state index is 12.9. The van der Waals surface area contributed by atoms with Crippen molar-refractivity contribution in [3.8, 4) is 0 Å². The molecule has 10 heteroatoms. The molecule has 0 bridgehead atoms. The van der Waals surface area contributed by atoms with E-state index >= 15 is 0 Å². The van der Waals surface area contributed by atoms with E-state index in [4.69, 9.17) is 4.74 Å². The number of nitro benzene ring substituents is 1. The predicted molar refractivity (Wildman–Crippen MR) is 106 cm³/mol. The highest BCUT2D eigenvalue weighted by atomic mass is 79.9. The molecule has 1 heterocycles. The summed E-state index contributed by atoms with van der Waals surface area (Å²) in [5, 5.41) is 16.0. The van der Waals surface area contributed by atoms with Gasteiger partial charge >= 0.3 is 5.97 Å². The Balaban J connectivity index is 1.80. The summed E-state index contributed by atoms with van der Waals surface area (Å²) in [4.78, 5) is 46.9. The van der Waals surface area contributed by atoms with E-state index in [1.807, 2.05) is 0 Å². The van der Waals surface area contributed by atoms with E-state index in [0.29, 0.717) is 16.5 Å². The zero-order chi connectivity index (χ0) is 21.0. The molecule has 0 radical (unpaired) electrons. The van der Waals surface area contributed by atoms with Crippen LogP contribution in [0, 0.1) is 10.1 Å². The van der Waals surface area contributed by atoms with Gasteiger partial charge in [0.2, 0.25) is 12.0 Å². The molecule has 9 nitrogen and oxygen atoms in total. The topological polar surface area (TPSA) is 128 Å². The van der Waals surface area contributed by atoms with Gasteiger partial charge < -0.3 is 15.4 Å². The van der Waals surface area contributed by atoms with Gasteiger partial charge in [0.15, 0.2) is 0 Å². The molecular weight excluding hydrogens is 446 g/mol. The van der Waals surface area contributed by atoms with E-state index in [1.54, 1.807) is 30.3 Å². The summed E-state index contributed by atoms with van der Waals surface area (Å²) in [7, 11) is 0. The number of nitrogens with zero attached hydrogens (tertiary/aromatic N) is 1. The van der Waals surface area contributed by atoms with Crippen molar-refractivity contribution >= 4 is 45.1 Å². The largest absolute Gasteiger partial charge is 0.446 e. The lowest BCUT2D eigenvalue weighted by atomic mass is 10.1. The molecule has 2 amide bonds. The number of hydrogen-bond donors (Lipinski definition) is 2. The fraction of sp³-hybridized carbons (Fsp3) is 0.211. The van der Waals surface area contributed by atoms with E-state index < -0.39 is 28.9 Å². The number of amides is 2. The maximum Gasteiger partial charge on any atom is 0.329 e. The van der Waals surface area contributed by atoms with Gasteiger partial charge in [0, 0.05) is 28.6 Å². The van der Waals surface area contributed by atoms with E-state index in [2.05, 4.69) is 26.6 Å². The smallest absolute Gasteiger partial charge is 0.329 e. The van der Waals surface area contributed by atoms with Gasteiger partial charge in [0.05, 0.1) is 10.6 Å². The molecule has 150 valence electrons. The Kier molecular flexibility index (Phi) is 6.23. The Labute approximate surface area is 173 Å². The second-order valence-electron chi connectivity index (χ2n) is 6.30. The highest BCUT2D eigenvalue weighted by Crippen LogP contribution is 2.29. The first kappa shape index (κ1) is 20.5. The molecule has 2 atom stereocenters. The van der Waals surface area contributed by atoms with Crippen molar-refractivity contribution in [1.82, 2.24) is 5.32 Å². The number of nitro groups is 1. The average molecular weight is 462 g/mol. The minimum atomic E-state index is -1.26. The number of benzene rings is 2. The Morgan fingerprint density at radius 1 is 1.24 bits per heavy atom. The van der Waals surface area contributed by atoms with Gasteiger partial charge in [-0.05, 0) is 28.4 Å². The molecule has 0 spiro atoms. The Hall–Kier alpha value is -3.27. The summed E-state index contributed by atoms with van der Waals surface area (Å²) in [6.07, 6.45) is -0.741. The van der Waals surface area contributed by atoms with Crippen LogP contribution in [0.15, 0.2) is 53.0 Å². The Morgan fingerprint density at radius 3 is 2.55 bits per heavy atom. The molecule has 2 aromatic rings. The number of nitrogens with one attached hydrogen (secondary N) is 2. The summed E-state index contributed by atoms with van der Waals surface area (Å²) < 4.78 is 5.72. The number of ether oxygens (including phenoxy) is 1. The highest BCUT2D eigenvalue weighted by molar-refractivity contribution is 9.10. The second kappa shape index (κ2) is 8.82. The SMILES string of the molecule is O=C1CCC(C(=O)OC(C(=O)Nc2ccc([N+](=O)[O-])cc2Br)c2ccccc2)N1. The number of non-ortho nitro benzene ring substituents is 1. The van der Waals surface area contributed by atoms with Crippen LogP contribution in [-0.4, -0.2) is 28.7 Å². The van der Waals surface area contributed by atoms with E-state index in [9.17, 15) is 24.5 Å². The van der Waals surface area contributed by atoms with Crippen LogP contribution in [0.4, 0.5) is 11.4 Å². The monoisotopic (exact) mass is 461 g/mol. The third-order valence-corrected chi connectivity index (χ3v) is 4.93. The lowest BCUT2D eigenvalue weighted by molar-refractivity contribution is -0.384. The summed E-state index contributed by atoms with van der Waals surface area (Å²) in [5.41, 5.74) is 0.588. The molecule has 1 aliphatic heterocycles. The van der Waals surface area contributed by atoms with Crippen molar-refractivity contribution in [2.75, 3.05) is 5.32 Å². The molecule has 1 saturated heterocycles. The molecule has 2 N–H and O–H groups in total. The quantitative estimate of drug-likeness (QED) is 0.386. The van der Waals surface area contributed by atoms with E-state index in [-0.39, 0.29) is 23.7 Å². The van der Waals surface area contributed by atoms with Crippen molar-refractivity contribution in [2.45, 2.75) is 25.0 Å². The van der Waals surface area contributed by atoms with Crippen LogP contribution < -0.4 is 10.6 Å². The number of carbonyl (C=O) groups excluding carboxylic acids is 3. The van der Waals surface area contributed by atoms with Gasteiger partial charge in [0.25, 0.3) is 11.6 Å². The standard InChI is InChI=1S/C19H16BrN3O6/c20-13-10-12(23(27)28)6-7-14(13)22-18(25)17(11-4-2-1-3-5-11)29-19(26)15-8-9-16(24)21-15/h1-7,10,15,17H,8-9H2,(H,21,24)(H,22,25). The number of hydrogen-bond acceptors (Lipinski definition) is 6. The Morgan fingerprint density at radius 2 is 1.97 bits per heavy atom. The lowest BCUT2D eigenvalue weighted by Crippen LogP contribution is -2.37. The van der Waals surface area contributed by atoms with Gasteiger partial charge in [0.1, 0.15) is 6.04 Å². The van der Waals surface area contributed by atoms with Crippen molar-refractivity contribution in [3.63, 3.8) is 0 Å². The molecule has 2 aromatic carbocycles. The minimum absolute atomic E-state index is 0.141. The fourth-order valence-corrected chi connectivity index (χ4v) is 3.27. The van der Waals surface area contributed by atoms with Gasteiger partial charge in [-0.25, -0.2) is 4.79 Å². The third kappa shape index (κ3) is 4.96. The molecule has 3 rings (SSSR count). The Bertz CT molecular complexity index is 966. The van der Waals surface area contributed by atoms with E-state index in [0.717, 1.165) is 0 Å². The van der Waals surface area contributed by atoms with Crippen LogP contribution in [0.5, 0.6) is 0 Å². The normalized spacial score (nSPS) is 16.6. The molecule has 2 unspecified atom stereocenters. The molecule has 0 saturated carbocycles. The first-order chi connectivity index (χ1) is 13.8. The van der Waals surface area contributed by atoms with Crippen LogP contribution in [0.25, 0.3) is 0 Å². The summed E-state index contributed by atoms with van der Waals surface area (Å²) in [5.74, 6) is -1.59. The van der Waals surface area contributed by atoms with Crippen molar-refractivity contribution in [1.29, 1.82) is 0 Å². The predicted octanol–water partition coefficient (Wildman–Crippen LogP) is 2.86. The maximum atomic E-state index is 12.9. The zero-order valence-electron chi connectivity index (χ0n) is 15.0. The van der Waals surface area contributed by atoms with Crippen molar-refractivity contribution < 1.29 is 24.0 Å². The number of anilines is 1. The average Bonchev–Trinajstić information content (AvgIpc) is 3.14. The summed E-state index contributed by atoms with van der Waals surface area (Å²) in [6, 6.07) is 11.5. The van der Waals surface area contributed by atoms with Gasteiger partial charge in [-0.1, -0.05) is 30.3 Å². The number of halogens is 1. The number of rotatable bonds is 6. The fourth-order valence-electron chi connectivity index (χ4n) is 2.81. The van der Waals surface area contributed by atoms with Crippen LogP contribution in [0.2, 0.25) is 0 Å². The van der Waals surface area contributed by atoms with Gasteiger partial charge in [-0.2, -0.15) is 0 Å². The molecular formula is C19H16BrN3O6. The molecule has 1 aliphatic rings. The molecule has 1 fully saturated rings. The van der Waals surface area contributed by atoms with Crippen molar-refractivity contribution in [3.05, 3.63) is 68.7 Å². The van der Waals surface area contributed by atoms with Crippen LogP contribution in [0.1, 0.15) is 24.5 Å². The summed E-state index contributed by atoms with van der Waals surface area (Å²) in [6.45, 7) is 0. The zero-order valence-corrected chi connectivity index (χ0v) is 16.5. The number of esters is 1. The van der Waals surface area contributed by atoms with Crippen LogP contribution in [-0.2, 0) is 19.1 Å². The second-order valence-corrected chi connectivity index (χ2v) is 7.15. The first-order valence-corrected chi connectivity index (χ1v) is 9.44. The van der Waals surface area contributed by atoms with E-state index in [1.165, 1.54) is 18.2 Å². The summed E-state index contributed by atoms with van der Waals surface area (Å²) >= 11 is 3.19. The molecule has 0 aromatic heterocycles. The first-order valence-electron chi connectivity index (χ1n) is 8.65. The van der Waals surface area contributed by atoms with Crippen LogP contribution in [0.3, 0.4) is 0 Å². The third-order valence-electron chi connectivity index (χ3n) is 4.28. The number of carbonyl (C=O) groups is 3. The molecule has 29 heavy (non-hydrogen) atoms. The highest BCUT2D eigenvalue weighted by Gasteiger charge is 2.33. The van der Waals surface area contributed by atoms with Gasteiger partial charge in [-0.3, -0.25) is 19.7 Å². The lowest BCUT2D eigenvalue weighted by Gasteiger charge is -2.20. The van der Waals surface area contributed by atoms with Gasteiger partial charge in [-0.15, -0.1) is 0 Å².